The Morgan fingerprint density at radius 3 is 2.21 bits per heavy atom. The van der Waals surface area contributed by atoms with Crippen LogP contribution in [0, 0.1) is 16.7 Å². The fraction of sp³-hybridized carbons (Fsp3) is 0.682. The maximum atomic E-state index is 13.0. The Kier molecular flexibility index (Phi) is 5.57. The Morgan fingerprint density at radius 1 is 1.14 bits per heavy atom. The minimum Gasteiger partial charge on any atom is -0.299 e. The first-order chi connectivity index (χ1) is 12.8. The molecule has 0 spiro atoms. The molecule has 0 aromatic heterocycles. The van der Waals surface area contributed by atoms with Crippen molar-refractivity contribution in [2.45, 2.75) is 58.6 Å². The maximum Gasteiger partial charge on any atom is 0.277 e. The van der Waals surface area contributed by atoms with Gasteiger partial charge in [0.1, 0.15) is 5.78 Å². The molecule has 28 heavy (non-hydrogen) atoms. The van der Waals surface area contributed by atoms with Gasteiger partial charge in [0.05, 0.1) is 11.2 Å². The third-order valence-corrected chi connectivity index (χ3v) is 11.2. The summed E-state index contributed by atoms with van der Waals surface area (Å²) >= 11 is 0. The molecule has 158 valence electrons. The number of carbonyl (C=O) groups excluding carboxylic acids is 1. The van der Waals surface area contributed by atoms with Crippen LogP contribution in [0.15, 0.2) is 24.3 Å². The molecule has 1 aromatic carbocycles. The van der Waals surface area contributed by atoms with Gasteiger partial charge in [0.2, 0.25) is 0 Å². The van der Waals surface area contributed by atoms with Crippen molar-refractivity contribution in [3.63, 3.8) is 0 Å². The minimum absolute atomic E-state index is 0.109. The zero-order chi connectivity index (χ0) is 21.0. The van der Waals surface area contributed by atoms with Gasteiger partial charge in [0.25, 0.3) is 10.1 Å². The van der Waals surface area contributed by atoms with Crippen molar-refractivity contribution in [2.24, 2.45) is 16.7 Å². The lowest BCUT2D eigenvalue weighted by atomic mass is 9.70. The molecule has 2 aliphatic rings. The van der Waals surface area contributed by atoms with E-state index >= 15 is 0 Å². The Hall–Kier alpha value is -0.850. The summed E-state index contributed by atoms with van der Waals surface area (Å²) in [4.78, 5) is 12.7. The van der Waals surface area contributed by atoms with E-state index in [-0.39, 0.29) is 17.0 Å². The molecule has 0 radical (unpaired) electrons. The minimum atomic E-state index is -3.80. The predicted molar refractivity (Wildman–Crippen MR) is 117 cm³/mol. The highest BCUT2D eigenvalue weighted by molar-refractivity contribution is 8.31. The summed E-state index contributed by atoms with van der Waals surface area (Å²) in [5.74, 6) is 1.28. The van der Waals surface area contributed by atoms with Crippen molar-refractivity contribution >= 4 is 26.2 Å². The number of rotatable bonds is 7. The third-order valence-electron chi connectivity index (χ3n) is 7.01. The van der Waals surface area contributed by atoms with Gasteiger partial charge in [0.15, 0.2) is 0 Å². The molecule has 0 aliphatic heterocycles. The first kappa shape index (κ1) is 21.8. The molecule has 3 rings (SSSR count). The Balaban J connectivity index is 1.73. The van der Waals surface area contributed by atoms with E-state index in [9.17, 15) is 13.2 Å². The molecule has 1 aromatic rings. The summed E-state index contributed by atoms with van der Waals surface area (Å²) in [6, 6.07) is 8.32. The van der Waals surface area contributed by atoms with Crippen LogP contribution in [0.1, 0.15) is 64.0 Å². The second-order valence-electron chi connectivity index (χ2n) is 9.91. The summed E-state index contributed by atoms with van der Waals surface area (Å²) in [5, 5.41) is 0. The normalized spacial score (nSPS) is 27.5. The van der Waals surface area contributed by atoms with Gasteiger partial charge in [-0.3, -0.25) is 4.79 Å². The molecular weight excluding hydrogens is 392 g/mol. The van der Waals surface area contributed by atoms with Gasteiger partial charge in [-0.2, -0.15) is 8.42 Å². The molecule has 2 atom stereocenters. The van der Waals surface area contributed by atoms with Crippen LogP contribution in [0.5, 0.6) is 0 Å². The molecule has 2 fully saturated rings. The summed E-state index contributed by atoms with van der Waals surface area (Å²) in [5.41, 5.74) is 1.30. The zero-order valence-electron chi connectivity index (χ0n) is 17.9. The van der Waals surface area contributed by atoms with Gasteiger partial charge in [-0.1, -0.05) is 52.0 Å². The number of fused-ring (bicyclic) bond motifs is 2. The van der Waals surface area contributed by atoms with Gasteiger partial charge in [-0.05, 0) is 53.7 Å². The van der Waals surface area contributed by atoms with Crippen LogP contribution in [0.25, 0.3) is 0 Å². The van der Waals surface area contributed by atoms with Crippen molar-refractivity contribution in [3.8, 4) is 0 Å². The van der Waals surface area contributed by atoms with E-state index in [0.29, 0.717) is 30.4 Å². The largest absolute Gasteiger partial charge is 0.299 e. The van der Waals surface area contributed by atoms with Crippen LogP contribution < -0.4 is 0 Å². The van der Waals surface area contributed by atoms with Gasteiger partial charge in [-0.25, -0.2) is 3.63 Å². The molecule has 0 saturated heterocycles. The first-order valence-electron chi connectivity index (χ1n) is 10.0. The van der Waals surface area contributed by atoms with E-state index in [1.165, 1.54) is 5.56 Å². The van der Waals surface area contributed by atoms with Crippen molar-refractivity contribution in [1.29, 1.82) is 0 Å². The maximum absolute atomic E-state index is 13.0. The lowest BCUT2D eigenvalue weighted by Gasteiger charge is -2.37. The molecule has 4 nitrogen and oxygen atoms in total. The average molecular weight is 427 g/mol. The monoisotopic (exact) mass is 426 g/mol. The van der Waals surface area contributed by atoms with Gasteiger partial charge in [0, 0.05) is 12.2 Å². The van der Waals surface area contributed by atoms with Crippen LogP contribution in [-0.2, 0) is 24.3 Å². The van der Waals surface area contributed by atoms with Gasteiger partial charge >= 0.3 is 0 Å². The molecule has 0 N–H and O–H groups in total. The highest BCUT2D eigenvalue weighted by Crippen LogP contribution is 2.64. The topological polar surface area (TPSA) is 60.4 Å². The van der Waals surface area contributed by atoms with E-state index < -0.39 is 25.8 Å². The number of hydrogen-bond donors (Lipinski definition) is 0. The smallest absolute Gasteiger partial charge is 0.277 e. The molecule has 2 bridgehead atoms. The molecule has 0 amide bonds. The highest BCUT2D eigenvalue weighted by Gasteiger charge is 2.65. The van der Waals surface area contributed by atoms with Crippen LogP contribution in [0.4, 0.5) is 0 Å². The Labute approximate surface area is 172 Å². The fourth-order valence-corrected chi connectivity index (χ4v) is 10.0. The molecule has 6 heteroatoms. The molecule has 2 unspecified atom stereocenters. The number of Topliss-reactive ketones (excluding diaryl/α,β-unsaturated/α-hetero) is 1. The molecule has 0 heterocycles. The standard InChI is InChI=1S/C22H34O4S2/c1-16(2)18-9-7-17(8-10-18)14-27(5,6)26-28(24,25)15-22-12-11-19(13-20(22)23)21(22,3)4/h7-10,16,19H,11-15H2,1-6H3. The van der Waals surface area contributed by atoms with Gasteiger partial charge < -0.3 is 0 Å². The summed E-state index contributed by atoms with van der Waals surface area (Å²) in [6.07, 6.45) is 5.89. The fourth-order valence-electron chi connectivity index (χ4n) is 5.14. The Bertz CT molecular complexity index is 853. The highest BCUT2D eigenvalue weighted by atomic mass is 32.3. The first-order valence-corrected chi connectivity index (χ1v) is 14.2. The zero-order valence-corrected chi connectivity index (χ0v) is 19.6. The van der Waals surface area contributed by atoms with Crippen molar-refractivity contribution in [3.05, 3.63) is 35.4 Å². The lowest BCUT2D eigenvalue weighted by Crippen LogP contribution is -2.42. The van der Waals surface area contributed by atoms with E-state index in [4.69, 9.17) is 3.63 Å². The number of ketones is 1. The van der Waals surface area contributed by atoms with Crippen molar-refractivity contribution in [1.82, 2.24) is 0 Å². The van der Waals surface area contributed by atoms with Crippen molar-refractivity contribution < 1.29 is 16.8 Å². The number of benzene rings is 1. The second kappa shape index (κ2) is 7.13. The molecule has 2 saturated carbocycles. The Morgan fingerprint density at radius 2 is 1.75 bits per heavy atom. The third kappa shape index (κ3) is 3.92. The van der Waals surface area contributed by atoms with Crippen molar-refractivity contribution in [2.75, 3.05) is 18.3 Å². The molecular formula is C22H34O4S2. The predicted octanol–water partition coefficient (Wildman–Crippen LogP) is 5.03. The van der Waals surface area contributed by atoms with Crippen LogP contribution in [0.2, 0.25) is 0 Å². The summed E-state index contributed by atoms with van der Waals surface area (Å²) < 4.78 is 31.8. The number of carbonyl (C=O) groups is 1. The van der Waals surface area contributed by atoms with E-state index in [1.807, 2.05) is 12.5 Å². The quantitative estimate of drug-likeness (QED) is 0.613. The summed E-state index contributed by atoms with van der Waals surface area (Å²) in [7, 11) is -5.64. The number of hydrogen-bond acceptors (Lipinski definition) is 4. The SMILES string of the molecule is CC(C)c1ccc(CS(C)(C)OS(=O)(=O)CC23CCC(CC2=O)C3(C)C)cc1. The van der Waals surface area contributed by atoms with E-state index in [0.717, 1.165) is 12.0 Å². The lowest BCUT2D eigenvalue weighted by molar-refractivity contribution is -0.128. The van der Waals surface area contributed by atoms with E-state index in [1.54, 1.807) is 0 Å². The molecule has 2 aliphatic carbocycles. The summed E-state index contributed by atoms with van der Waals surface area (Å²) in [6.45, 7) is 8.41. The van der Waals surface area contributed by atoms with Crippen LogP contribution in [0.3, 0.4) is 0 Å². The van der Waals surface area contributed by atoms with Gasteiger partial charge in [-0.15, -0.1) is 10.3 Å². The average Bonchev–Trinajstić information content (AvgIpc) is 2.87. The second-order valence-corrected chi connectivity index (χ2v) is 15.0. The van der Waals surface area contributed by atoms with Crippen LogP contribution >= 0.6 is 10.3 Å². The van der Waals surface area contributed by atoms with E-state index in [2.05, 4.69) is 52.0 Å². The van der Waals surface area contributed by atoms with Crippen LogP contribution in [-0.4, -0.2) is 32.5 Å².